The molecular weight excluding hydrogens is 291 g/mol. The number of ether oxygens (including phenoxy) is 2. The molecule has 0 aliphatic rings. The van der Waals surface area contributed by atoms with E-state index in [9.17, 15) is 4.39 Å². The van der Waals surface area contributed by atoms with E-state index in [-0.39, 0.29) is 5.75 Å². The first-order valence-electron chi connectivity index (χ1n) is 6.27. The number of hydrogen-bond acceptors (Lipinski definition) is 3. The van der Waals surface area contributed by atoms with Crippen molar-refractivity contribution in [2.75, 3.05) is 14.2 Å². The van der Waals surface area contributed by atoms with E-state index in [2.05, 4.69) is 4.98 Å². The van der Waals surface area contributed by atoms with Crippen LogP contribution in [-0.4, -0.2) is 23.8 Å². The first kappa shape index (κ1) is 13.6. The highest BCUT2D eigenvalue weighted by molar-refractivity contribution is 7.71. The van der Waals surface area contributed by atoms with Crippen LogP contribution < -0.4 is 9.47 Å². The van der Waals surface area contributed by atoms with Gasteiger partial charge in [0.2, 0.25) is 0 Å². The van der Waals surface area contributed by atoms with Gasteiger partial charge in [0.1, 0.15) is 11.3 Å². The van der Waals surface area contributed by atoms with Crippen molar-refractivity contribution in [1.29, 1.82) is 0 Å². The summed E-state index contributed by atoms with van der Waals surface area (Å²) in [5.41, 5.74) is 2.37. The predicted molar refractivity (Wildman–Crippen MR) is 81.5 cm³/mol. The third-order valence-corrected chi connectivity index (χ3v) is 3.58. The summed E-state index contributed by atoms with van der Waals surface area (Å²) in [6.45, 7) is 0. The Bertz CT molecular complexity index is 870. The molecule has 1 aromatic heterocycles. The van der Waals surface area contributed by atoms with Crippen LogP contribution in [0.4, 0.5) is 4.39 Å². The molecule has 0 aliphatic carbocycles. The summed E-state index contributed by atoms with van der Waals surface area (Å²) in [6, 6.07) is 10.3. The third-order valence-electron chi connectivity index (χ3n) is 3.29. The zero-order valence-corrected chi connectivity index (χ0v) is 12.3. The molecule has 0 spiro atoms. The van der Waals surface area contributed by atoms with Crippen LogP contribution in [0.3, 0.4) is 0 Å². The van der Waals surface area contributed by atoms with Gasteiger partial charge in [0, 0.05) is 6.07 Å². The molecule has 0 bridgehead atoms. The first-order valence-corrected chi connectivity index (χ1v) is 6.68. The first-order chi connectivity index (χ1) is 10.2. The van der Waals surface area contributed by atoms with Crippen LogP contribution in [0.25, 0.3) is 16.7 Å². The molecule has 4 nitrogen and oxygen atoms in total. The molecule has 3 aromatic rings. The van der Waals surface area contributed by atoms with Crippen molar-refractivity contribution < 1.29 is 13.9 Å². The Morgan fingerprint density at radius 3 is 2.57 bits per heavy atom. The Morgan fingerprint density at radius 2 is 1.86 bits per heavy atom. The van der Waals surface area contributed by atoms with E-state index in [0.717, 1.165) is 16.7 Å². The van der Waals surface area contributed by atoms with Gasteiger partial charge in [-0.1, -0.05) is 6.07 Å². The number of methoxy groups -OCH3 is 2. The number of nitrogens with zero attached hydrogens (tertiary/aromatic N) is 1. The molecule has 108 valence electrons. The van der Waals surface area contributed by atoms with Gasteiger partial charge in [-0.05, 0) is 36.5 Å². The highest BCUT2D eigenvalue weighted by Crippen LogP contribution is 2.29. The Labute approximate surface area is 125 Å². The van der Waals surface area contributed by atoms with Crippen molar-refractivity contribution in [2.24, 2.45) is 0 Å². The van der Waals surface area contributed by atoms with Gasteiger partial charge < -0.3 is 14.5 Å². The van der Waals surface area contributed by atoms with Gasteiger partial charge in [-0.2, -0.15) is 0 Å². The van der Waals surface area contributed by atoms with E-state index >= 15 is 0 Å². The lowest BCUT2D eigenvalue weighted by atomic mass is 10.2. The molecule has 0 radical (unpaired) electrons. The minimum Gasteiger partial charge on any atom is -0.494 e. The molecule has 6 heteroatoms. The van der Waals surface area contributed by atoms with E-state index in [0.29, 0.717) is 10.5 Å². The summed E-state index contributed by atoms with van der Waals surface area (Å²) in [4.78, 5) is 3.12. The second-order valence-corrected chi connectivity index (χ2v) is 4.83. The molecular formula is C15H13FN2O2S. The number of aromatic nitrogens is 2. The Hall–Kier alpha value is -2.34. The molecule has 0 saturated heterocycles. The standard InChI is InChI=1S/C15H13FN2O2S/c1-19-12-5-3-4-11-14(12)17-15(21)18(11)9-6-7-10(16)13(8-9)20-2/h3-8H,1-2H3,(H,17,21). The fourth-order valence-electron chi connectivity index (χ4n) is 2.32. The molecule has 0 fully saturated rings. The fourth-order valence-corrected chi connectivity index (χ4v) is 2.62. The summed E-state index contributed by atoms with van der Waals surface area (Å²) >= 11 is 5.37. The van der Waals surface area contributed by atoms with Crippen molar-refractivity contribution in [3.05, 3.63) is 47.0 Å². The van der Waals surface area contributed by atoms with Crippen molar-refractivity contribution in [1.82, 2.24) is 9.55 Å². The number of rotatable bonds is 3. The topological polar surface area (TPSA) is 39.2 Å². The average molecular weight is 304 g/mol. The van der Waals surface area contributed by atoms with E-state index in [1.807, 2.05) is 22.8 Å². The number of hydrogen-bond donors (Lipinski definition) is 1. The van der Waals surface area contributed by atoms with Gasteiger partial charge >= 0.3 is 0 Å². The van der Waals surface area contributed by atoms with E-state index in [1.165, 1.54) is 13.2 Å². The molecule has 0 saturated carbocycles. The molecule has 2 aromatic carbocycles. The highest BCUT2D eigenvalue weighted by Gasteiger charge is 2.12. The Balaban J connectivity index is 2.30. The van der Waals surface area contributed by atoms with Crippen LogP contribution in [0.2, 0.25) is 0 Å². The summed E-state index contributed by atoms with van der Waals surface area (Å²) in [5.74, 6) is 0.461. The molecule has 0 unspecified atom stereocenters. The van der Waals surface area contributed by atoms with Crippen molar-refractivity contribution in [3.63, 3.8) is 0 Å². The van der Waals surface area contributed by atoms with Crippen molar-refractivity contribution in [2.45, 2.75) is 0 Å². The minimum atomic E-state index is -0.412. The molecule has 0 atom stereocenters. The maximum atomic E-state index is 13.6. The zero-order valence-electron chi connectivity index (χ0n) is 11.5. The second-order valence-electron chi connectivity index (χ2n) is 4.44. The molecule has 3 rings (SSSR count). The van der Waals surface area contributed by atoms with Crippen LogP contribution in [0.5, 0.6) is 11.5 Å². The van der Waals surface area contributed by atoms with Crippen LogP contribution in [0.1, 0.15) is 0 Å². The number of H-pyrrole nitrogens is 1. The van der Waals surface area contributed by atoms with Gasteiger partial charge in [0.15, 0.2) is 16.3 Å². The van der Waals surface area contributed by atoms with Gasteiger partial charge in [-0.3, -0.25) is 4.57 Å². The fraction of sp³-hybridized carbons (Fsp3) is 0.133. The van der Waals surface area contributed by atoms with Crippen LogP contribution in [0.15, 0.2) is 36.4 Å². The van der Waals surface area contributed by atoms with E-state index in [4.69, 9.17) is 21.7 Å². The Morgan fingerprint density at radius 1 is 1.10 bits per heavy atom. The smallest absolute Gasteiger partial charge is 0.182 e. The molecule has 0 aliphatic heterocycles. The molecule has 1 heterocycles. The number of imidazole rings is 1. The van der Waals surface area contributed by atoms with E-state index < -0.39 is 5.82 Å². The summed E-state index contributed by atoms with van der Waals surface area (Å²) < 4.78 is 26.2. The largest absolute Gasteiger partial charge is 0.494 e. The lowest BCUT2D eigenvalue weighted by molar-refractivity contribution is 0.386. The number of aromatic amines is 1. The van der Waals surface area contributed by atoms with Crippen molar-refractivity contribution >= 4 is 23.3 Å². The third kappa shape index (κ3) is 2.17. The van der Waals surface area contributed by atoms with Crippen molar-refractivity contribution in [3.8, 4) is 17.2 Å². The van der Waals surface area contributed by atoms with Gasteiger partial charge in [0.25, 0.3) is 0 Å². The van der Waals surface area contributed by atoms with Gasteiger partial charge in [-0.15, -0.1) is 0 Å². The number of benzene rings is 2. The monoisotopic (exact) mass is 304 g/mol. The maximum absolute atomic E-state index is 13.6. The molecule has 1 N–H and O–H groups in total. The van der Waals surface area contributed by atoms with E-state index in [1.54, 1.807) is 19.2 Å². The van der Waals surface area contributed by atoms with Gasteiger partial charge in [-0.25, -0.2) is 4.39 Å². The van der Waals surface area contributed by atoms with Crippen LogP contribution in [-0.2, 0) is 0 Å². The molecule has 21 heavy (non-hydrogen) atoms. The average Bonchev–Trinajstić information content (AvgIpc) is 2.83. The summed E-state index contributed by atoms with van der Waals surface area (Å²) in [5, 5.41) is 0. The Kier molecular flexibility index (Phi) is 3.39. The normalized spacial score (nSPS) is 10.8. The number of halogens is 1. The SMILES string of the molecule is COc1cc(-n2c(=S)[nH]c3c(OC)cccc32)ccc1F. The second kappa shape index (κ2) is 5.21. The minimum absolute atomic E-state index is 0.173. The summed E-state index contributed by atoms with van der Waals surface area (Å²) in [6.07, 6.45) is 0. The zero-order chi connectivity index (χ0) is 15.0. The van der Waals surface area contributed by atoms with Crippen LogP contribution in [0, 0.1) is 10.6 Å². The highest BCUT2D eigenvalue weighted by atomic mass is 32.1. The number of para-hydroxylation sites is 1. The lowest BCUT2D eigenvalue weighted by Crippen LogP contribution is -1.96. The number of fused-ring (bicyclic) bond motifs is 1. The van der Waals surface area contributed by atoms with Crippen LogP contribution >= 0.6 is 12.2 Å². The quantitative estimate of drug-likeness (QED) is 0.747. The summed E-state index contributed by atoms with van der Waals surface area (Å²) in [7, 11) is 3.03. The molecule has 0 amide bonds. The lowest BCUT2D eigenvalue weighted by Gasteiger charge is -2.08. The predicted octanol–water partition coefficient (Wildman–Crippen LogP) is 3.84. The van der Waals surface area contributed by atoms with Gasteiger partial charge in [0.05, 0.1) is 25.4 Å². The number of nitrogens with one attached hydrogen (secondary N) is 1. The maximum Gasteiger partial charge on any atom is 0.182 e.